The van der Waals surface area contributed by atoms with Crippen molar-refractivity contribution < 1.29 is 8.42 Å². The maximum absolute atomic E-state index is 12.9. The Hall–Kier alpha value is -1.17. The van der Waals surface area contributed by atoms with Crippen LogP contribution < -0.4 is 0 Å². The van der Waals surface area contributed by atoms with Gasteiger partial charge in [-0.15, -0.1) is 11.3 Å². The van der Waals surface area contributed by atoms with Gasteiger partial charge in [0.2, 0.25) is 10.0 Å². The summed E-state index contributed by atoms with van der Waals surface area (Å²) < 4.78 is 27.5. The molecule has 21 heavy (non-hydrogen) atoms. The van der Waals surface area contributed by atoms with Gasteiger partial charge in [0.05, 0.1) is 10.9 Å². The zero-order valence-corrected chi connectivity index (χ0v) is 13.9. The molecule has 0 amide bonds. The maximum atomic E-state index is 12.9. The molecule has 2 aromatic rings. The van der Waals surface area contributed by atoms with E-state index in [-0.39, 0.29) is 6.04 Å². The molecule has 0 spiro atoms. The number of benzene rings is 1. The highest BCUT2D eigenvalue weighted by molar-refractivity contribution is 7.89. The molecule has 0 fully saturated rings. The largest absolute Gasteiger partial charge is 0.243 e. The van der Waals surface area contributed by atoms with E-state index >= 15 is 0 Å². The van der Waals surface area contributed by atoms with Crippen molar-refractivity contribution in [1.29, 1.82) is 0 Å². The highest BCUT2D eigenvalue weighted by atomic mass is 32.2. The van der Waals surface area contributed by atoms with E-state index in [2.05, 4.69) is 18.4 Å². The molecule has 2 heterocycles. The summed E-state index contributed by atoms with van der Waals surface area (Å²) in [7, 11) is -3.42. The number of nitrogens with zero attached hydrogens (tertiary/aromatic N) is 1. The van der Waals surface area contributed by atoms with Crippen LogP contribution in [0.4, 0.5) is 0 Å². The van der Waals surface area contributed by atoms with Crippen LogP contribution in [0.1, 0.15) is 35.4 Å². The van der Waals surface area contributed by atoms with E-state index in [9.17, 15) is 8.42 Å². The number of fused-ring (bicyclic) bond motifs is 1. The molecule has 1 aromatic carbocycles. The monoisotopic (exact) mass is 321 g/mol. The first-order valence-electron chi connectivity index (χ1n) is 7.19. The van der Waals surface area contributed by atoms with Gasteiger partial charge in [-0.2, -0.15) is 4.31 Å². The summed E-state index contributed by atoms with van der Waals surface area (Å²) in [5.74, 6) is 0. The number of thiophene rings is 1. The van der Waals surface area contributed by atoms with Gasteiger partial charge in [0.15, 0.2) is 0 Å². The van der Waals surface area contributed by atoms with Crippen LogP contribution >= 0.6 is 11.3 Å². The lowest BCUT2D eigenvalue weighted by atomic mass is 10.0. The molecular formula is C16H19NO2S2. The van der Waals surface area contributed by atoms with Crippen LogP contribution in [0, 0.1) is 6.92 Å². The Morgan fingerprint density at radius 1 is 1.24 bits per heavy atom. The third-order valence-electron chi connectivity index (χ3n) is 4.06. The Morgan fingerprint density at radius 2 is 1.95 bits per heavy atom. The van der Waals surface area contributed by atoms with E-state index in [1.807, 2.05) is 19.1 Å². The highest BCUT2D eigenvalue weighted by Gasteiger charge is 2.35. The van der Waals surface area contributed by atoms with Crippen LogP contribution in [0.15, 0.2) is 40.6 Å². The smallest absolute Gasteiger partial charge is 0.207 e. The van der Waals surface area contributed by atoms with Gasteiger partial charge in [0.25, 0.3) is 0 Å². The quantitative estimate of drug-likeness (QED) is 0.863. The second-order valence-electron chi connectivity index (χ2n) is 5.40. The molecule has 0 saturated heterocycles. The third-order valence-corrected chi connectivity index (χ3v) is 6.98. The average molecular weight is 321 g/mol. The van der Waals surface area contributed by atoms with Crippen molar-refractivity contribution in [2.45, 2.75) is 37.6 Å². The van der Waals surface area contributed by atoms with E-state index in [0.717, 1.165) is 18.4 Å². The fourth-order valence-electron chi connectivity index (χ4n) is 2.93. The molecule has 0 unspecified atom stereocenters. The van der Waals surface area contributed by atoms with Crippen molar-refractivity contribution in [3.8, 4) is 0 Å². The fraction of sp³-hybridized carbons (Fsp3) is 0.375. The van der Waals surface area contributed by atoms with Crippen LogP contribution in [0.2, 0.25) is 0 Å². The normalized spacial score (nSPS) is 19.4. The van der Waals surface area contributed by atoms with E-state index in [0.29, 0.717) is 11.4 Å². The van der Waals surface area contributed by atoms with Crippen LogP contribution in [-0.2, 0) is 16.4 Å². The number of rotatable bonds is 3. The van der Waals surface area contributed by atoms with Crippen LogP contribution in [0.5, 0.6) is 0 Å². The van der Waals surface area contributed by atoms with Crippen molar-refractivity contribution in [2.24, 2.45) is 0 Å². The molecule has 1 aromatic heterocycles. The van der Waals surface area contributed by atoms with Gasteiger partial charge < -0.3 is 0 Å². The van der Waals surface area contributed by atoms with Crippen molar-refractivity contribution >= 4 is 21.4 Å². The van der Waals surface area contributed by atoms with Crippen molar-refractivity contribution in [3.63, 3.8) is 0 Å². The Balaban J connectivity index is 2.01. The molecule has 0 aliphatic carbocycles. The molecule has 1 aliphatic rings. The molecule has 1 aliphatic heterocycles. The lowest BCUT2D eigenvalue weighted by molar-refractivity contribution is 0.303. The summed E-state index contributed by atoms with van der Waals surface area (Å²) in [4.78, 5) is 1.72. The molecule has 3 rings (SSSR count). The van der Waals surface area contributed by atoms with E-state index in [4.69, 9.17) is 0 Å². The fourth-order valence-corrected chi connectivity index (χ4v) is 5.54. The second kappa shape index (κ2) is 5.55. The van der Waals surface area contributed by atoms with Crippen molar-refractivity contribution in [3.05, 3.63) is 51.7 Å². The van der Waals surface area contributed by atoms with Gasteiger partial charge in [0, 0.05) is 11.4 Å². The summed E-state index contributed by atoms with van der Waals surface area (Å²) >= 11 is 1.73. The number of hydrogen-bond acceptors (Lipinski definition) is 3. The number of hydrogen-bond donors (Lipinski definition) is 0. The first kappa shape index (κ1) is 14.8. The summed E-state index contributed by atoms with van der Waals surface area (Å²) in [6.07, 6.45) is 1.61. The van der Waals surface area contributed by atoms with E-state index in [1.165, 1.54) is 10.4 Å². The Kier molecular flexibility index (Phi) is 3.90. The Bertz CT molecular complexity index is 732. The molecule has 1 atom stereocenters. The molecule has 0 N–H and O–H groups in total. The number of aryl methyl sites for hydroxylation is 1. The van der Waals surface area contributed by atoms with E-state index in [1.54, 1.807) is 27.8 Å². The summed E-state index contributed by atoms with van der Waals surface area (Å²) in [6.45, 7) is 4.58. The van der Waals surface area contributed by atoms with Gasteiger partial charge in [-0.05, 0) is 48.9 Å². The summed E-state index contributed by atoms with van der Waals surface area (Å²) in [5, 5.41) is 2.06. The zero-order valence-electron chi connectivity index (χ0n) is 12.2. The van der Waals surface area contributed by atoms with Crippen molar-refractivity contribution in [1.82, 2.24) is 4.31 Å². The molecule has 5 heteroatoms. The standard InChI is InChI=1S/C16H19NO2S2/c1-3-15-14-9-11-20-16(14)8-10-17(15)21(18,19)13-6-4-12(2)5-7-13/h4-7,9,11,15H,3,8,10H2,1-2H3/t15-/m0/s1. The maximum Gasteiger partial charge on any atom is 0.243 e. The molecule has 112 valence electrons. The van der Waals surface area contributed by atoms with Crippen LogP contribution in [-0.4, -0.2) is 19.3 Å². The summed E-state index contributed by atoms with van der Waals surface area (Å²) in [6, 6.07) is 9.17. The SMILES string of the molecule is CC[C@H]1c2ccsc2CCN1S(=O)(=O)c1ccc(C)cc1. The minimum absolute atomic E-state index is 0.0358. The van der Waals surface area contributed by atoms with Crippen LogP contribution in [0.25, 0.3) is 0 Å². The molecule has 0 bridgehead atoms. The van der Waals surface area contributed by atoms with Crippen molar-refractivity contribution in [2.75, 3.05) is 6.54 Å². The van der Waals surface area contributed by atoms with Gasteiger partial charge >= 0.3 is 0 Å². The Labute approximate surface area is 130 Å². The minimum Gasteiger partial charge on any atom is -0.207 e. The predicted molar refractivity (Wildman–Crippen MR) is 86.1 cm³/mol. The van der Waals surface area contributed by atoms with Gasteiger partial charge in [-0.25, -0.2) is 8.42 Å². The second-order valence-corrected chi connectivity index (χ2v) is 8.29. The van der Waals surface area contributed by atoms with Gasteiger partial charge in [-0.3, -0.25) is 0 Å². The molecule has 0 saturated carbocycles. The van der Waals surface area contributed by atoms with Gasteiger partial charge in [-0.1, -0.05) is 24.6 Å². The van der Waals surface area contributed by atoms with E-state index < -0.39 is 10.0 Å². The van der Waals surface area contributed by atoms with Crippen LogP contribution in [0.3, 0.4) is 0 Å². The molecule has 3 nitrogen and oxygen atoms in total. The molecule has 0 radical (unpaired) electrons. The predicted octanol–water partition coefficient (Wildman–Crippen LogP) is 3.75. The number of sulfonamides is 1. The first-order chi connectivity index (χ1) is 10.0. The molecular weight excluding hydrogens is 302 g/mol. The highest BCUT2D eigenvalue weighted by Crippen LogP contribution is 2.38. The Morgan fingerprint density at radius 3 is 2.62 bits per heavy atom. The lowest BCUT2D eigenvalue weighted by Crippen LogP contribution is -2.39. The minimum atomic E-state index is -3.42. The average Bonchev–Trinajstić information content (AvgIpc) is 2.95. The zero-order chi connectivity index (χ0) is 15.0. The lowest BCUT2D eigenvalue weighted by Gasteiger charge is -2.34. The topological polar surface area (TPSA) is 37.4 Å². The van der Waals surface area contributed by atoms with Gasteiger partial charge in [0.1, 0.15) is 0 Å². The first-order valence-corrected chi connectivity index (χ1v) is 9.50. The third kappa shape index (κ3) is 2.54. The summed E-state index contributed by atoms with van der Waals surface area (Å²) in [5.41, 5.74) is 2.25.